The second-order valence-corrected chi connectivity index (χ2v) is 7.30. The van der Waals surface area contributed by atoms with Gasteiger partial charge in [0.2, 0.25) is 0 Å². The Morgan fingerprint density at radius 3 is 2.65 bits per heavy atom. The highest BCUT2D eigenvalue weighted by molar-refractivity contribution is 14.1. The molecule has 0 aliphatic heterocycles. The number of hydrogen-bond donors (Lipinski definition) is 1. The summed E-state index contributed by atoms with van der Waals surface area (Å²) in [5, 5.41) is 3.71. The second-order valence-electron chi connectivity index (χ2n) is 5.02. The minimum absolute atomic E-state index is 0.326. The van der Waals surface area contributed by atoms with E-state index in [0.29, 0.717) is 6.04 Å². The van der Waals surface area contributed by atoms with Crippen LogP contribution in [0, 0.1) is 10.5 Å². The fourth-order valence-electron chi connectivity index (χ4n) is 2.29. The fourth-order valence-corrected chi connectivity index (χ4v) is 4.00. The summed E-state index contributed by atoms with van der Waals surface area (Å²) in [6, 6.07) is 11.5. The average Bonchev–Trinajstić information content (AvgIpc) is 2.92. The first-order chi connectivity index (χ1) is 9.67. The molecule has 1 N–H and O–H groups in total. The molecule has 0 fully saturated rings. The summed E-state index contributed by atoms with van der Waals surface area (Å²) in [4.78, 5) is 2.89. The van der Waals surface area contributed by atoms with Gasteiger partial charge in [0, 0.05) is 13.3 Å². The Balaban J connectivity index is 2.38. The van der Waals surface area contributed by atoms with Crippen molar-refractivity contribution in [1.82, 2.24) is 5.32 Å². The molecule has 0 aliphatic rings. The molecule has 2 aromatic rings. The molecule has 1 aromatic heterocycles. The zero-order chi connectivity index (χ0) is 14.5. The van der Waals surface area contributed by atoms with Crippen LogP contribution in [0.15, 0.2) is 30.3 Å². The molecule has 0 radical (unpaired) electrons. The smallest absolute Gasteiger partial charge is 0.0681 e. The molecule has 0 saturated carbocycles. The van der Waals surface area contributed by atoms with Gasteiger partial charge in [-0.05, 0) is 72.2 Å². The highest BCUT2D eigenvalue weighted by atomic mass is 127. The minimum Gasteiger partial charge on any atom is -0.306 e. The van der Waals surface area contributed by atoms with Crippen molar-refractivity contribution in [1.29, 1.82) is 0 Å². The molecule has 1 aromatic carbocycles. The predicted molar refractivity (Wildman–Crippen MR) is 97.7 cm³/mol. The maximum atomic E-state index is 3.71. The van der Waals surface area contributed by atoms with Crippen LogP contribution in [-0.2, 0) is 6.42 Å². The van der Waals surface area contributed by atoms with E-state index >= 15 is 0 Å². The van der Waals surface area contributed by atoms with Crippen LogP contribution in [0.3, 0.4) is 0 Å². The van der Waals surface area contributed by atoms with Crippen molar-refractivity contribution in [3.8, 4) is 0 Å². The summed E-state index contributed by atoms with van der Waals surface area (Å²) in [7, 11) is 0. The molecule has 0 spiro atoms. The molecular formula is C17H22INS. The van der Waals surface area contributed by atoms with Crippen LogP contribution >= 0.6 is 33.9 Å². The number of nitrogens with one attached hydrogen (secondary N) is 1. The average molecular weight is 399 g/mol. The topological polar surface area (TPSA) is 12.0 Å². The molecule has 1 unspecified atom stereocenters. The third-order valence-electron chi connectivity index (χ3n) is 3.45. The van der Waals surface area contributed by atoms with Gasteiger partial charge in [0.25, 0.3) is 0 Å². The monoisotopic (exact) mass is 399 g/mol. The summed E-state index contributed by atoms with van der Waals surface area (Å²) in [6.07, 6.45) is 2.28. The summed E-state index contributed by atoms with van der Waals surface area (Å²) >= 11 is 4.41. The number of aryl methyl sites for hydroxylation is 2. The second kappa shape index (κ2) is 7.57. The van der Waals surface area contributed by atoms with E-state index in [1.807, 2.05) is 11.3 Å². The molecule has 1 nitrogen and oxygen atoms in total. The first kappa shape index (κ1) is 16.0. The molecule has 0 saturated heterocycles. The van der Waals surface area contributed by atoms with Gasteiger partial charge in [0.05, 0.1) is 6.04 Å². The lowest BCUT2D eigenvalue weighted by molar-refractivity contribution is 0.603. The third kappa shape index (κ3) is 3.62. The lowest BCUT2D eigenvalue weighted by atomic mass is 10.0. The van der Waals surface area contributed by atoms with Gasteiger partial charge in [-0.2, -0.15) is 0 Å². The molecule has 2 rings (SSSR count). The fraction of sp³-hybridized carbons (Fsp3) is 0.412. The van der Waals surface area contributed by atoms with E-state index in [1.165, 1.54) is 24.5 Å². The molecular weight excluding hydrogens is 377 g/mol. The van der Waals surface area contributed by atoms with E-state index in [-0.39, 0.29) is 0 Å². The summed E-state index contributed by atoms with van der Waals surface area (Å²) in [5.41, 5.74) is 2.77. The van der Waals surface area contributed by atoms with E-state index in [1.54, 1.807) is 0 Å². The lowest BCUT2D eigenvalue weighted by Gasteiger charge is -2.20. The molecule has 1 heterocycles. The van der Waals surface area contributed by atoms with Crippen LogP contribution in [0.25, 0.3) is 0 Å². The number of hydrogen-bond acceptors (Lipinski definition) is 2. The Labute approximate surface area is 139 Å². The van der Waals surface area contributed by atoms with Crippen molar-refractivity contribution in [3.05, 3.63) is 54.8 Å². The van der Waals surface area contributed by atoms with Gasteiger partial charge in [-0.15, -0.1) is 11.3 Å². The molecule has 1 atom stereocenters. The molecule has 0 bridgehead atoms. The standard InChI is InChI=1S/C17H22INS/c1-4-11-19-17(15-10-9-13(5-2)20-15)14-8-6-7-12(3)16(14)18/h6-10,17,19H,4-5,11H2,1-3H3. The maximum absolute atomic E-state index is 3.71. The number of rotatable bonds is 6. The van der Waals surface area contributed by atoms with E-state index in [0.717, 1.165) is 19.4 Å². The van der Waals surface area contributed by atoms with Gasteiger partial charge in [0.15, 0.2) is 0 Å². The van der Waals surface area contributed by atoms with E-state index < -0.39 is 0 Å². The van der Waals surface area contributed by atoms with E-state index in [4.69, 9.17) is 0 Å². The molecule has 20 heavy (non-hydrogen) atoms. The van der Waals surface area contributed by atoms with E-state index in [2.05, 4.69) is 79.0 Å². The van der Waals surface area contributed by atoms with Crippen LogP contribution in [0.5, 0.6) is 0 Å². The molecule has 0 aliphatic carbocycles. The van der Waals surface area contributed by atoms with Crippen molar-refractivity contribution >= 4 is 33.9 Å². The first-order valence-electron chi connectivity index (χ1n) is 7.24. The van der Waals surface area contributed by atoms with Crippen molar-refractivity contribution in [3.63, 3.8) is 0 Å². The van der Waals surface area contributed by atoms with Crippen molar-refractivity contribution in [2.45, 2.75) is 39.7 Å². The Kier molecular flexibility index (Phi) is 6.05. The van der Waals surface area contributed by atoms with Crippen molar-refractivity contribution < 1.29 is 0 Å². The maximum Gasteiger partial charge on any atom is 0.0681 e. The van der Waals surface area contributed by atoms with Crippen LogP contribution in [0.1, 0.15) is 47.2 Å². The van der Waals surface area contributed by atoms with Crippen molar-refractivity contribution in [2.24, 2.45) is 0 Å². The number of halogens is 1. The SMILES string of the molecule is CCCNC(c1ccc(CC)s1)c1cccc(C)c1I. The van der Waals surface area contributed by atoms with Crippen LogP contribution < -0.4 is 5.32 Å². The van der Waals surface area contributed by atoms with Gasteiger partial charge in [-0.3, -0.25) is 0 Å². The molecule has 108 valence electrons. The normalized spacial score (nSPS) is 12.6. The Hall–Kier alpha value is -0.390. The highest BCUT2D eigenvalue weighted by Gasteiger charge is 2.18. The number of thiophene rings is 1. The zero-order valence-corrected chi connectivity index (χ0v) is 15.3. The highest BCUT2D eigenvalue weighted by Crippen LogP contribution is 2.32. The molecule has 3 heteroatoms. The van der Waals surface area contributed by atoms with Crippen LogP contribution in [0.4, 0.5) is 0 Å². The third-order valence-corrected chi connectivity index (χ3v) is 6.21. The van der Waals surface area contributed by atoms with Crippen LogP contribution in [0.2, 0.25) is 0 Å². The summed E-state index contributed by atoms with van der Waals surface area (Å²) in [6.45, 7) is 7.68. The van der Waals surface area contributed by atoms with Gasteiger partial charge in [0.1, 0.15) is 0 Å². The quantitative estimate of drug-likeness (QED) is 0.649. The Morgan fingerprint density at radius 2 is 2.00 bits per heavy atom. The Bertz CT molecular complexity index is 562. The van der Waals surface area contributed by atoms with E-state index in [9.17, 15) is 0 Å². The molecule has 0 amide bonds. The van der Waals surface area contributed by atoms with Crippen molar-refractivity contribution in [2.75, 3.05) is 6.54 Å². The van der Waals surface area contributed by atoms with Crippen LogP contribution in [-0.4, -0.2) is 6.54 Å². The zero-order valence-electron chi connectivity index (χ0n) is 12.4. The first-order valence-corrected chi connectivity index (χ1v) is 9.13. The summed E-state index contributed by atoms with van der Waals surface area (Å²) < 4.78 is 1.38. The number of benzene rings is 1. The lowest BCUT2D eigenvalue weighted by Crippen LogP contribution is -2.23. The summed E-state index contributed by atoms with van der Waals surface area (Å²) in [5.74, 6) is 0. The van der Waals surface area contributed by atoms with Gasteiger partial charge >= 0.3 is 0 Å². The minimum atomic E-state index is 0.326. The Morgan fingerprint density at radius 1 is 1.20 bits per heavy atom. The largest absolute Gasteiger partial charge is 0.306 e. The van der Waals surface area contributed by atoms with Gasteiger partial charge in [-0.1, -0.05) is 32.0 Å². The predicted octanol–water partition coefficient (Wildman–Crippen LogP) is 5.31. The van der Waals surface area contributed by atoms with Gasteiger partial charge < -0.3 is 5.32 Å². The van der Waals surface area contributed by atoms with Gasteiger partial charge in [-0.25, -0.2) is 0 Å².